The van der Waals surface area contributed by atoms with Crippen molar-refractivity contribution in [1.82, 2.24) is 10.2 Å². The van der Waals surface area contributed by atoms with Gasteiger partial charge in [0, 0.05) is 24.7 Å². The average Bonchev–Trinajstić information content (AvgIpc) is 2.73. The van der Waals surface area contributed by atoms with E-state index in [1.165, 1.54) is 11.1 Å². The number of ether oxygens (including phenoxy) is 2. The number of hydrogen-bond donors (Lipinski definition) is 1. The highest BCUT2D eigenvalue weighted by atomic mass is 16.5. The molecule has 150 valence electrons. The van der Waals surface area contributed by atoms with Crippen molar-refractivity contribution in [3.8, 4) is 11.5 Å². The van der Waals surface area contributed by atoms with Gasteiger partial charge in [0.15, 0.2) is 11.5 Å². The highest BCUT2D eigenvalue weighted by Crippen LogP contribution is 2.38. The number of nitrogens with zero attached hydrogens (tertiary/aromatic N) is 1. The van der Waals surface area contributed by atoms with Crippen LogP contribution in [0.5, 0.6) is 11.5 Å². The Hall–Kier alpha value is -2.53. The monoisotopic (exact) mass is 382 g/mol. The number of fused-ring (bicyclic) bond motifs is 1. The van der Waals surface area contributed by atoms with E-state index in [4.69, 9.17) is 9.47 Å². The maximum atomic E-state index is 12.6. The molecule has 0 saturated carbocycles. The zero-order valence-electron chi connectivity index (χ0n) is 17.4. The Morgan fingerprint density at radius 1 is 1.07 bits per heavy atom. The zero-order chi connectivity index (χ0) is 20.3. The molecule has 0 aromatic heterocycles. The average molecular weight is 383 g/mol. The van der Waals surface area contributed by atoms with Gasteiger partial charge in [0.25, 0.3) is 5.91 Å². The maximum absolute atomic E-state index is 12.6. The van der Waals surface area contributed by atoms with Gasteiger partial charge in [-0.1, -0.05) is 12.1 Å². The summed E-state index contributed by atoms with van der Waals surface area (Å²) in [6.07, 6.45) is 0.935. The van der Waals surface area contributed by atoms with Crippen LogP contribution in [-0.4, -0.2) is 44.2 Å². The van der Waals surface area contributed by atoms with Crippen molar-refractivity contribution in [3.63, 3.8) is 0 Å². The summed E-state index contributed by atoms with van der Waals surface area (Å²) in [6.45, 7) is 7.62. The molecule has 0 spiro atoms. The van der Waals surface area contributed by atoms with Crippen LogP contribution in [0.2, 0.25) is 0 Å². The molecule has 1 aliphatic heterocycles. The molecule has 0 saturated heterocycles. The number of nitrogens with one attached hydrogen (secondary N) is 1. The molecule has 2 atom stereocenters. The van der Waals surface area contributed by atoms with Crippen molar-refractivity contribution >= 4 is 5.91 Å². The lowest BCUT2D eigenvalue weighted by Gasteiger charge is -2.32. The van der Waals surface area contributed by atoms with E-state index in [2.05, 4.69) is 24.4 Å². The summed E-state index contributed by atoms with van der Waals surface area (Å²) in [4.78, 5) is 14.4. The summed E-state index contributed by atoms with van der Waals surface area (Å²) in [5.41, 5.74) is 4.32. The van der Waals surface area contributed by atoms with E-state index >= 15 is 0 Å². The quantitative estimate of drug-likeness (QED) is 0.825. The first-order valence-corrected chi connectivity index (χ1v) is 9.92. The van der Waals surface area contributed by atoms with E-state index in [1.54, 1.807) is 14.2 Å². The molecule has 0 aliphatic carbocycles. The van der Waals surface area contributed by atoms with Gasteiger partial charge in [-0.25, -0.2) is 0 Å². The van der Waals surface area contributed by atoms with Crippen LogP contribution in [0.25, 0.3) is 0 Å². The van der Waals surface area contributed by atoms with Crippen molar-refractivity contribution < 1.29 is 14.3 Å². The van der Waals surface area contributed by atoms with Crippen LogP contribution in [0.15, 0.2) is 36.4 Å². The van der Waals surface area contributed by atoms with Gasteiger partial charge in [0.1, 0.15) is 0 Å². The predicted octanol–water partition coefficient (Wildman–Crippen LogP) is 3.81. The first-order valence-electron chi connectivity index (χ1n) is 9.92. The Morgan fingerprint density at radius 2 is 1.68 bits per heavy atom. The van der Waals surface area contributed by atoms with Crippen molar-refractivity contribution in [2.45, 2.75) is 39.3 Å². The fourth-order valence-electron chi connectivity index (χ4n) is 3.93. The predicted molar refractivity (Wildman–Crippen MR) is 111 cm³/mol. The van der Waals surface area contributed by atoms with E-state index in [1.807, 2.05) is 43.0 Å². The van der Waals surface area contributed by atoms with Gasteiger partial charge < -0.3 is 19.7 Å². The summed E-state index contributed by atoms with van der Waals surface area (Å²) in [6, 6.07) is 12.5. The van der Waals surface area contributed by atoms with Crippen LogP contribution in [0, 0.1) is 0 Å². The van der Waals surface area contributed by atoms with Crippen molar-refractivity contribution in [2.24, 2.45) is 0 Å². The molecule has 0 bridgehead atoms. The second-order valence-electron chi connectivity index (χ2n) is 7.21. The second-order valence-corrected chi connectivity index (χ2v) is 7.21. The lowest BCUT2D eigenvalue weighted by atomic mass is 9.86. The van der Waals surface area contributed by atoms with Crippen molar-refractivity contribution in [3.05, 3.63) is 58.7 Å². The van der Waals surface area contributed by atoms with Gasteiger partial charge in [0.05, 0.1) is 20.3 Å². The number of benzene rings is 2. The molecule has 1 N–H and O–H groups in total. The molecule has 3 rings (SSSR count). The van der Waals surface area contributed by atoms with Crippen molar-refractivity contribution in [1.29, 1.82) is 0 Å². The Morgan fingerprint density at radius 3 is 2.25 bits per heavy atom. The fourth-order valence-corrected chi connectivity index (χ4v) is 3.93. The van der Waals surface area contributed by atoms with Crippen molar-refractivity contribution in [2.75, 3.05) is 27.3 Å². The molecule has 5 heteroatoms. The number of hydrogen-bond acceptors (Lipinski definition) is 4. The van der Waals surface area contributed by atoms with Crippen LogP contribution >= 0.6 is 0 Å². The summed E-state index contributed by atoms with van der Waals surface area (Å²) in [7, 11) is 3.32. The van der Waals surface area contributed by atoms with E-state index in [0.29, 0.717) is 19.1 Å². The topological polar surface area (TPSA) is 50.8 Å². The molecule has 2 aromatic rings. The van der Waals surface area contributed by atoms with Crippen LogP contribution in [0.4, 0.5) is 0 Å². The third kappa shape index (κ3) is 3.85. The molecule has 0 fully saturated rings. The number of carbonyl (C=O) groups excluding carboxylic acids is 1. The minimum absolute atomic E-state index is 0.0520. The highest BCUT2D eigenvalue weighted by Gasteiger charge is 2.27. The molecule has 2 unspecified atom stereocenters. The second kappa shape index (κ2) is 8.65. The third-order valence-electron chi connectivity index (χ3n) is 5.48. The van der Waals surface area contributed by atoms with E-state index in [0.717, 1.165) is 29.0 Å². The Kier molecular flexibility index (Phi) is 6.25. The summed E-state index contributed by atoms with van der Waals surface area (Å²) in [5, 5.41) is 3.68. The lowest BCUT2D eigenvalue weighted by Crippen LogP contribution is -2.38. The summed E-state index contributed by atoms with van der Waals surface area (Å²) < 4.78 is 11.0. The largest absolute Gasteiger partial charge is 0.493 e. The highest BCUT2D eigenvalue weighted by molar-refractivity contribution is 5.94. The number of amides is 1. The van der Waals surface area contributed by atoms with Gasteiger partial charge in [0.2, 0.25) is 0 Å². The third-order valence-corrected chi connectivity index (χ3v) is 5.48. The Balaban J connectivity index is 1.95. The first-order chi connectivity index (χ1) is 13.5. The smallest absolute Gasteiger partial charge is 0.253 e. The summed E-state index contributed by atoms with van der Waals surface area (Å²) in [5.74, 6) is 1.57. The zero-order valence-corrected chi connectivity index (χ0v) is 17.4. The van der Waals surface area contributed by atoms with Gasteiger partial charge in [-0.2, -0.15) is 0 Å². The molecule has 1 heterocycles. The van der Waals surface area contributed by atoms with Crippen LogP contribution in [0.3, 0.4) is 0 Å². The van der Waals surface area contributed by atoms with Gasteiger partial charge in [-0.3, -0.25) is 4.79 Å². The Labute approximate surface area is 167 Å². The van der Waals surface area contributed by atoms with E-state index in [-0.39, 0.29) is 11.9 Å². The van der Waals surface area contributed by atoms with Crippen LogP contribution in [0.1, 0.15) is 53.9 Å². The molecule has 2 aromatic carbocycles. The summed E-state index contributed by atoms with van der Waals surface area (Å²) >= 11 is 0. The molecular weight excluding hydrogens is 352 g/mol. The standard InChI is InChI=1S/C23H30N2O3/c1-6-25(7-2)23(26)17-10-8-16(9-11-17)22-19-14-21(28-5)20(27-4)13-18(19)12-15(3)24-22/h8-11,13-15,22,24H,6-7,12H2,1-5H3. The van der Waals surface area contributed by atoms with E-state index < -0.39 is 0 Å². The Bertz CT molecular complexity index is 828. The minimum atomic E-state index is 0.0520. The first kappa shape index (κ1) is 20.2. The molecule has 28 heavy (non-hydrogen) atoms. The molecule has 1 amide bonds. The number of carbonyl (C=O) groups is 1. The SMILES string of the molecule is CCN(CC)C(=O)c1ccc(C2NC(C)Cc3cc(OC)c(OC)cc32)cc1. The normalized spacial score (nSPS) is 18.3. The maximum Gasteiger partial charge on any atom is 0.253 e. The lowest BCUT2D eigenvalue weighted by molar-refractivity contribution is 0.0773. The number of methoxy groups -OCH3 is 2. The van der Waals surface area contributed by atoms with Crippen LogP contribution < -0.4 is 14.8 Å². The minimum Gasteiger partial charge on any atom is -0.493 e. The molecule has 5 nitrogen and oxygen atoms in total. The molecular formula is C23H30N2O3. The fraction of sp³-hybridized carbons (Fsp3) is 0.435. The number of rotatable bonds is 6. The van der Waals surface area contributed by atoms with Gasteiger partial charge in [-0.15, -0.1) is 0 Å². The van der Waals surface area contributed by atoms with E-state index in [9.17, 15) is 4.79 Å². The van der Waals surface area contributed by atoms with Crippen LogP contribution in [-0.2, 0) is 6.42 Å². The molecule has 1 aliphatic rings. The molecule has 0 radical (unpaired) electrons. The van der Waals surface area contributed by atoms with Gasteiger partial charge >= 0.3 is 0 Å². The van der Waals surface area contributed by atoms with Gasteiger partial charge in [-0.05, 0) is 68.1 Å².